The normalized spacial score (nSPS) is 12.7. The second kappa shape index (κ2) is 5.59. The molecular weight excluding hydrogens is 242 g/mol. The van der Waals surface area contributed by atoms with Crippen molar-refractivity contribution in [2.45, 2.75) is 33.1 Å². The zero-order valence-electron chi connectivity index (χ0n) is 11.1. The highest BCUT2D eigenvalue weighted by molar-refractivity contribution is 7.13. The summed E-state index contributed by atoms with van der Waals surface area (Å²) in [5.41, 5.74) is 8.94. The first-order valence-corrected chi connectivity index (χ1v) is 7.10. The molecule has 2 heterocycles. The minimum Gasteiger partial charge on any atom is -0.330 e. The lowest BCUT2D eigenvalue weighted by Gasteiger charge is -2.11. The second-order valence-electron chi connectivity index (χ2n) is 4.66. The first kappa shape index (κ1) is 13.2. The van der Waals surface area contributed by atoms with Crippen LogP contribution in [0.1, 0.15) is 36.3 Å². The molecule has 0 fully saturated rings. The predicted octanol–water partition coefficient (Wildman–Crippen LogP) is 3.27. The summed E-state index contributed by atoms with van der Waals surface area (Å²) in [5, 5.41) is 2.10. The van der Waals surface area contributed by atoms with Crippen molar-refractivity contribution in [1.82, 2.24) is 9.97 Å². The van der Waals surface area contributed by atoms with E-state index in [9.17, 15) is 0 Å². The predicted molar refractivity (Wildman–Crippen MR) is 76.9 cm³/mol. The van der Waals surface area contributed by atoms with Gasteiger partial charge in [-0.05, 0) is 49.9 Å². The van der Waals surface area contributed by atoms with E-state index in [1.165, 1.54) is 10.4 Å². The number of aryl methyl sites for hydroxylation is 2. The lowest BCUT2D eigenvalue weighted by Crippen LogP contribution is -2.09. The van der Waals surface area contributed by atoms with Gasteiger partial charge in [0, 0.05) is 11.6 Å². The molecule has 0 aliphatic carbocycles. The van der Waals surface area contributed by atoms with Crippen LogP contribution in [0.5, 0.6) is 0 Å². The molecular formula is C14H19N3S. The summed E-state index contributed by atoms with van der Waals surface area (Å²) in [7, 11) is 0. The Morgan fingerprint density at radius 2 is 2.11 bits per heavy atom. The average molecular weight is 261 g/mol. The van der Waals surface area contributed by atoms with Gasteiger partial charge in [-0.2, -0.15) is 0 Å². The fraction of sp³-hybridized carbons (Fsp3) is 0.429. The van der Waals surface area contributed by atoms with E-state index in [0.29, 0.717) is 12.5 Å². The van der Waals surface area contributed by atoms with Gasteiger partial charge in [0.25, 0.3) is 0 Å². The van der Waals surface area contributed by atoms with E-state index in [2.05, 4.69) is 36.3 Å². The molecule has 0 bridgehead atoms. The van der Waals surface area contributed by atoms with E-state index in [-0.39, 0.29) is 0 Å². The van der Waals surface area contributed by atoms with Crippen LogP contribution in [0.15, 0.2) is 17.5 Å². The standard InChI is InChI=1S/C14H19N3S/c1-9-5-7-18-13(9)12-8-11(3)16-14(17-12)10(2)4-6-15/h5,7-8,10H,4,6,15H2,1-3H3. The van der Waals surface area contributed by atoms with Gasteiger partial charge >= 0.3 is 0 Å². The van der Waals surface area contributed by atoms with Crippen molar-refractivity contribution in [3.63, 3.8) is 0 Å². The zero-order chi connectivity index (χ0) is 13.1. The van der Waals surface area contributed by atoms with Crippen LogP contribution in [0.2, 0.25) is 0 Å². The van der Waals surface area contributed by atoms with Gasteiger partial charge in [-0.25, -0.2) is 9.97 Å². The maximum atomic E-state index is 5.61. The maximum Gasteiger partial charge on any atom is 0.132 e. The Kier molecular flexibility index (Phi) is 4.09. The third kappa shape index (κ3) is 2.76. The number of thiophene rings is 1. The molecule has 0 aliphatic rings. The summed E-state index contributed by atoms with van der Waals surface area (Å²) < 4.78 is 0. The number of hydrogen-bond acceptors (Lipinski definition) is 4. The SMILES string of the molecule is Cc1cc(-c2sccc2C)nc(C(C)CCN)n1. The van der Waals surface area contributed by atoms with Crippen molar-refractivity contribution in [3.05, 3.63) is 34.6 Å². The second-order valence-corrected chi connectivity index (χ2v) is 5.58. The molecule has 2 N–H and O–H groups in total. The van der Waals surface area contributed by atoms with Gasteiger partial charge in [-0.1, -0.05) is 6.92 Å². The molecule has 0 spiro atoms. The number of rotatable bonds is 4. The fourth-order valence-electron chi connectivity index (χ4n) is 1.94. The summed E-state index contributed by atoms with van der Waals surface area (Å²) in [6, 6.07) is 4.18. The summed E-state index contributed by atoms with van der Waals surface area (Å²) in [5.74, 6) is 1.22. The van der Waals surface area contributed by atoms with Gasteiger partial charge in [0.05, 0.1) is 10.6 Å². The summed E-state index contributed by atoms with van der Waals surface area (Å²) in [4.78, 5) is 10.5. The molecule has 2 aromatic heterocycles. The molecule has 0 radical (unpaired) electrons. The van der Waals surface area contributed by atoms with Crippen LogP contribution in [0.3, 0.4) is 0 Å². The van der Waals surface area contributed by atoms with Crippen LogP contribution in [-0.2, 0) is 0 Å². The lowest BCUT2D eigenvalue weighted by atomic mass is 10.1. The summed E-state index contributed by atoms with van der Waals surface area (Å²) in [6.45, 7) is 6.94. The van der Waals surface area contributed by atoms with Gasteiger partial charge in [0.15, 0.2) is 0 Å². The van der Waals surface area contributed by atoms with Crippen LogP contribution in [0, 0.1) is 13.8 Å². The first-order chi connectivity index (χ1) is 8.61. The number of aromatic nitrogens is 2. The van der Waals surface area contributed by atoms with E-state index in [4.69, 9.17) is 10.7 Å². The highest BCUT2D eigenvalue weighted by Crippen LogP contribution is 2.29. The van der Waals surface area contributed by atoms with E-state index in [1.807, 2.05) is 6.92 Å². The lowest BCUT2D eigenvalue weighted by molar-refractivity contribution is 0.645. The molecule has 18 heavy (non-hydrogen) atoms. The smallest absolute Gasteiger partial charge is 0.132 e. The van der Waals surface area contributed by atoms with E-state index < -0.39 is 0 Å². The average Bonchev–Trinajstić information content (AvgIpc) is 2.75. The molecule has 0 saturated carbocycles. The topological polar surface area (TPSA) is 51.8 Å². The van der Waals surface area contributed by atoms with Crippen molar-refractivity contribution >= 4 is 11.3 Å². The van der Waals surface area contributed by atoms with E-state index in [0.717, 1.165) is 23.6 Å². The van der Waals surface area contributed by atoms with Crippen LogP contribution < -0.4 is 5.73 Å². The molecule has 1 unspecified atom stereocenters. The largest absolute Gasteiger partial charge is 0.330 e. The van der Waals surface area contributed by atoms with Crippen molar-refractivity contribution < 1.29 is 0 Å². The Hall–Kier alpha value is -1.26. The first-order valence-electron chi connectivity index (χ1n) is 6.22. The highest BCUT2D eigenvalue weighted by Gasteiger charge is 2.12. The summed E-state index contributed by atoms with van der Waals surface area (Å²) in [6.07, 6.45) is 0.923. The van der Waals surface area contributed by atoms with Crippen LogP contribution in [-0.4, -0.2) is 16.5 Å². The van der Waals surface area contributed by atoms with Gasteiger partial charge in [-0.15, -0.1) is 11.3 Å². The molecule has 0 aliphatic heterocycles. The van der Waals surface area contributed by atoms with Crippen LogP contribution in [0.4, 0.5) is 0 Å². The van der Waals surface area contributed by atoms with Crippen LogP contribution in [0.25, 0.3) is 10.6 Å². The Morgan fingerprint density at radius 1 is 1.33 bits per heavy atom. The minimum atomic E-state index is 0.314. The van der Waals surface area contributed by atoms with Gasteiger partial charge < -0.3 is 5.73 Å². The van der Waals surface area contributed by atoms with E-state index in [1.54, 1.807) is 11.3 Å². The third-order valence-electron chi connectivity index (χ3n) is 3.01. The van der Waals surface area contributed by atoms with E-state index >= 15 is 0 Å². The van der Waals surface area contributed by atoms with Crippen molar-refractivity contribution in [1.29, 1.82) is 0 Å². The van der Waals surface area contributed by atoms with Crippen molar-refractivity contribution in [2.24, 2.45) is 5.73 Å². The van der Waals surface area contributed by atoms with Crippen molar-refractivity contribution in [3.8, 4) is 10.6 Å². The monoisotopic (exact) mass is 261 g/mol. The fourth-order valence-corrected chi connectivity index (χ4v) is 2.83. The summed E-state index contributed by atoms with van der Waals surface area (Å²) >= 11 is 1.73. The Bertz CT molecular complexity index is 534. The Labute approximate surface area is 112 Å². The molecule has 0 amide bonds. The maximum absolute atomic E-state index is 5.61. The van der Waals surface area contributed by atoms with Gasteiger partial charge in [-0.3, -0.25) is 0 Å². The molecule has 0 aromatic carbocycles. The number of hydrogen-bond donors (Lipinski definition) is 1. The molecule has 96 valence electrons. The molecule has 2 rings (SSSR count). The quantitative estimate of drug-likeness (QED) is 0.919. The van der Waals surface area contributed by atoms with Gasteiger partial charge in [0.1, 0.15) is 5.82 Å². The molecule has 2 aromatic rings. The third-order valence-corrected chi connectivity index (χ3v) is 4.05. The molecule has 4 heteroatoms. The number of nitrogens with two attached hydrogens (primary N) is 1. The Balaban J connectivity index is 2.41. The molecule has 1 atom stereocenters. The zero-order valence-corrected chi connectivity index (χ0v) is 11.9. The molecule has 3 nitrogen and oxygen atoms in total. The van der Waals surface area contributed by atoms with Crippen molar-refractivity contribution in [2.75, 3.05) is 6.54 Å². The Morgan fingerprint density at radius 3 is 2.72 bits per heavy atom. The number of nitrogens with zero attached hydrogens (tertiary/aromatic N) is 2. The highest BCUT2D eigenvalue weighted by atomic mass is 32.1. The van der Waals surface area contributed by atoms with Crippen LogP contribution >= 0.6 is 11.3 Å². The molecule has 0 saturated heterocycles. The minimum absolute atomic E-state index is 0.314. The van der Waals surface area contributed by atoms with Gasteiger partial charge in [0.2, 0.25) is 0 Å².